The van der Waals surface area contributed by atoms with Crippen LogP contribution in [-0.4, -0.2) is 55.1 Å². The Kier molecular flexibility index (Phi) is 17.0. The smallest absolute Gasteiger partial charge is 0.408 e. The number of nitrogens with one attached hydrogen (secondary N) is 3. The quantitative estimate of drug-likeness (QED) is 0.109. The normalized spacial score (nSPS) is 13.4. The number of benzene rings is 2. The predicted octanol–water partition coefficient (Wildman–Crippen LogP) is 9.26. The van der Waals surface area contributed by atoms with E-state index in [9.17, 15) is 19.2 Å². The Morgan fingerprint density at radius 2 is 1.38 bits per heavy atom. The number of hydrogen-bond acceptors (Lipinski definition) is 8. The first-order valence-corrected chi connectivity index (χ1v) is 18.6. The SMILES string of the molecule is CC[C@@H](CC(=O)OC(OC(=O)C(NC(=O)OC(C)(C)C)C(C)C)C(C)C)c1ccc(N(CC(C)C)CC(C)C)c(NC(=O)Nc2ccc(C)cc2)c1. The molecule has 0 aliphatic rings. The number of ether oxygens (including phenoxy) is 3. The molecule has 0 aromatic heterocycles. The van der Waals surface area contributed by atoms with Gasteiger partial charge in [0.05, 0.1) is 17.8 Å². The van der Waals surface area contributed by atoms with Crippen LogP contribution in [0.2, 0.25) is 0 Å². The van der Waals surface area contributed by atoms with Gasteiger partial charge in [0.15, 0.2) is 0 Å². The maximum Gasteiger partial charge on any atom is 0.408 e. The number of aryl methyl sites for hydroxylation is 1. The van der Waals surface area contributed by atoms with E-state index in [0.717, 1.165) is 29.9 Å². The molecule has 2 aromatic carbocycles. The van der Waals surface area contributed by atoms with Crippen LogP contribution in [0, 0.1) is 30.6 Å². The maximum atomic E-state index is 13.4. The van der Waals surface area contributed by atoms with Crippen LogP contribution in [0.25, 0.3) is 0 Å². The molecule has 52 heavy (non-hydrogen) atoms. The molecule has 0 bridgehead atoms. The van der Waals surface area contributed by atoms with E-state index in [1.54, 1.807) is 48.5 Å². The fraction of sp³-hybridized carbons (Fsp3) is 0.610. The van der Waals surface area contributed by atoms with Crippen molar-refractivity contribution in [3.8, 4) is 0 Å². The predicted molar refractivity (Wildman–Crippen MR) is 209 cm³/mol. The molecule has 0 saturated carbocycles. The van der Waals surface area contributed by atoms with Gasteiger partial charge in [0, 0.05) is 24.7 Å². The van der Waals surface area contributed by atoms with Crippen molar-refractivity contribution in [3.05, 3.63) is 53.6 Å². The average Bonchev–Trinajstić information content (AvgIpc) is 3.01. The van der Waals surface area contributed by atoms with Crippen LogP contribution in [0.1, 0.15) is 113 Å². The largest absolute Gasteiger partial charge is 0.444 e. The van der Waals surface area contributed by atoms with Gasteiger partial charge in [0.2, 0.25) is 6.29 Å². The summed E-state index contributed by atoms with van der Waals surface area (Å²) in [6.45, 7) is 26.6. The molecular formula is C41H64N4O7. The third-order valence-electron chi connectivity index (χ3n) is 8.08. The van der Waals surface area contributed by atoms with Gasteiger partial charge >= 0.3 is 24.1 Å². The summed E-state index contributed by atoms with van der Waals surface area (Å²) in [5.74, 6) is -1.38. The average molecular weight is 725 g/mol. The van der Waals surface area contributed by atoms with Gasteiger partial charge in [0.25, 0.3) is 0 Å². The van der Waals surface area contributed by atoms with Crippen molar-refractivity contribution in [2.45, 2.75) is 127 Å². The molecule has 2 unspecified atom stereocenters. The van der Waals surface area contributed by atoms with Crippen molar-refractivity contribution in [2.75, 3.05) is 28.6 Å². The number of rotatable bonds is 17. The van der Waals surface area contributed by atoms with Crippen LogP contribution >= 0.6 is 0 Å². The van der Waals surface area contributed by atoms with Crippen molar-refractivity contribution in [1.82, 2.24) is 5.32 Å². The molecule has 0 radical (unpaired) electrons. The van der Waals surface area contributed by atoms with E-state index < -0.39 is 36.0 Å². The van der Waals surface area contributed by atoms with Gasteiger partial charge in [-0.1, -0.05) is 86.1 Å². The summed E-state index contributed by atoms with van der Waals surface area (Å²) in [6.07, 6.45) is -1.26. The molecular weight excluding hydrogens is 660 g/mol. The Balaban J connectivity index is 2.32. The third kappa shape index (κ3) is 15.1. The zero-order chi connectivity index (χ0) is 39.3. The first-order chi connectivity index (χ1) is 24.2. The number of anilines is 3. The minimum absolute atomic E-state index is 0.0249. The van der Waals surface area contributed by atoms with E-state index in [1.807, 2.05) is 56.3 Å². The number of hydrogen-bond donors (Lipinski definition) is 3. The molecule has 0 aliphatic carbocycles. The lowest BCUT2D eigenvalue weighted by Gasteiger charge is -2.31. The number of carbonyl (C=O) groups is 4. The summed E-state index contributed by atoms with van der Waals surface area (Å²) < 4.78 is 16.8. The van der Waals surface area contributed by atoms with Crippen molar-refractivity contribution in [3.63, 3.8) is 0 Å². The number of urea groups is 1. The van der Waals surface area contributed by atoms with Crippen LogP contribution in [0.4, 0.5) is 26.7 Å². The molecule has 0 saturated heterocycles. The molecule has 3 amide bonds. The van der Waals surface area contributed by atoms with Crippen molar-refractivity contribution in [2.24, 2.45) is 23.7 Å². The summed E-state index contributed by atoms with van der Waals surface area (Å²) in [7, 11) is 0. The van der Waals surface area contributed by atoms with Crippen molar-refractivity contribution in [1.29, 1.82) is 0 Å². The van der Waals surface area contributed by atoms with E-state index in [-0.39, 0.29) is 30.2 Å². The highest BCUT2D eigenvalue weighted by atomic mass is 16.7. The van der Waals surface area contributed by atoms with Crippen LogP contribution in [-0.2, 0) is 23.8 Å². The minimum atomic E-state index is -1.16. The zero-order valence-electron chi connectivity index (χ0n) is 33.7. The second-order valence-electron chi connectivity index (χ2n) is 16.1. The first-order valence-electron chi connectivity index (χ1n) is 18.6. The van der Waals surface area contributed by atoms with Gasteiger partial charge < -0.3 is 35.1 Å². The molecule has 290 valence electrons. The summed E-state index contributed by atoms with van der Waals surface area (Å²) >= 11 is 0. The van der Waals surface area contributed by atoms with Crippen LogP contribution < -0.4 is 20.9 Å². The van der Waals surface area contributed by atoms with E-state index in [4.69, 9.17) is 14.2 Å². The van der Waals surface area contributed by atoms with Gasteiger partial charge in [-0.05, 0) is 87.6 Å². The van der Waals surface area contributed by atoms with Gasteiger partial charge in [0.1, 0.15) is 11.6 Å². The molecule has 2 rings (SSSR count). The van der Waals surface area contributed by atoms with E-state index in [2.05, 4.69) is 48.5 Å². The van der Waals surface area contributed by atoms with Crippen molar-refractivity contribution < 1.29 is 33.4 Å². The van der Waals surface area contributed by atoms with Crippen LogP contribution in [0.15, 0.2) is 42.5 Å². The second-order valence-corrected chi connectivity index (χ2v) is 16.1. The molecule has 3 N–H and O–H groups in total. The maximum absolute atomic E-state index is 13.4. The first kappa shape index (κ1) is 43.9. The molecule has 0 aliphatic heterocycles. The van der Waals surface area contributed by atoms with Crippen molar-refractivity contribution >= 4 is 41.1 Å². The molecule has 11 nitrogen and oxygen atoms in total. The lowest BCUT2D eigenvalue weighted by molar-refractivity contribution is -0.198. The Labute approximate surface area is 311 Å². The summed E-state index contributed by atoms with van der Waals surface area (Å²) in [4.78, 5) is 54.7. The Hall–Kier alpha value is -4.28. The second kappa shape index (κ2) is 20.1. The fourth-order valence-corrected chi connectivity index (χ4v) is 5.55. The number of amides is 3. The third-order valence-corrected chi connectivity index (χ3v) is 8.08. The molecule has 11 heteroatoms. The van der Waals surface area contributed by atoms with Gasteiger partial charge in [-0.2, -0.15) is 0 Å². The molecule has 0 spiro atoms. The fourth-order valence-electron chi connectivity index (χ4n) is 5.55. The zero-order valence-corrected chi connectivity index (χ0v) is 33.7. The number of carbonyl (C=O) groups excluding carboxylic acids is 4. The standard InChI is InChI=1S/C41H64N4O7/c1-14-30(22-35(46)50-38(28(8)9)51-37(47)36(27(6)7)44-40(49)52-41(11,12)13)31-17-20-34(45(23-25(2)3)24-26(4)5)33(21-31)43-39(48)42-32-18-15-29(10)16-19-32/h15-21,25-28,30,36,38H,14,22-24H2,1-13H3,(H,44,49)(H2,42,43,48)/t30-,36?,38?/m0/s1. The highest BCUT2D eigenvalue weighted by Gasteiger charge is 2.33. The lowest BCUT2D eigenvalue weighted by Crippen LogP contribution is -2.48. The van der Waals surface area contributed by atoms with Crippen LogP contribution in [0.5, 0.6) is 0 Å². The molecule has 2 aromatic rings. The van der Waals surface area contributed by atoms with E-state index in [0.29, 0.717) is 29.6 Å². The van der Waals surface area contributed by atoms with Gasteiger partial charge in [-0.25, -0.2) is 14.4 Å². The molecule has 3 atom stereocenters. The monoisotopic (exact) mass is 724 g/mol. The van der Waals surface area contributed by atoms with Gasteiger partial charge in [-0.3, -0.25) is 4.79 Å². The Morgan fingerprint density at radius 3 is 1.88 bits per heavy atom. The lowest BCUT2D eigenvalue weighted by atomic mass is 9.92. The van der Waals surface area contributed by atoms with E-state index >= 15 is 0 Å². The Bertz CT molecular complexity index is 1450. The minimum Gasteiger partial charge on any atom is -0.444 e. The topological polar surface area (TPSA) is 135 Å². The highest BCUT2D eigenvalue weighted by Crippen LogP contribution is 2.34. The molecule has 0 fully saturated rings. The summed E-state index contributed by atoms with van der Waals surface area (Å²) in [5.41, 5.74) is 3.43. The van der Waals surface area contributed by atoms with Crippen LogP contribution in [0.3, 0.4) is 0 Å². The summed E-state index contributed by atoms with van der Waals surface area (Å²) in [5, 5.41) is 8.60. The Morgan fingerprint density at radius 1 is 0.788 bits per heavy atom. The van der Waals surface area contributed by atoms with E-state index in [1.165, 1.54) is 0 Å². The molecule has 0 heterocycles. The highest BCUT2D eigenvalue weighted by molar-refractivity contribution is 6.02. The number of alkyl carbamates (subject to hydrolysis) is 1. The summed E-state index contributed by atoms with van der Waals surface area (Å²) in [6, 6.07) is 12.2. The van der Waals surface area contributed by atoms with Gasteiger partial charge in [-0.15, -0.1) is 0 Å². The number of nitrogens with zero attached hydrogens (tertiary/aromatic N) is 1. The number of esters is 2.